The topological polar surface area (TPSA) is 64.4 Å². The van der Waals surface area contributed by atoms with Gasteiger partial charge in [0, 0.05) is 25.5 Å². The van der Waals surface area contributed by atoms with Gasteiger partial charge in [0.25, 0.3) is 0 Å². The van der Waals surface area contributed by atoms with Gasteiger partial charge in [-0.2, -0.15) is 0 Å². The summed E-state index contributed by atoms with van der Waals surface area (Å²) >= 11 is 1.45. The van der Waals surface area contributed by atoms with E-state index in [-0.39, 0.29) is 17.6 Å². The summed E-state index contributed by atoms with van der Waals surface area (Å²) in [6.45, 7) is 5.69. The van der Waals surface area contributed by atoms with Gasteiger partial charge in [-0.3, -0.25) is 4.79 Å². The third-order valence-corrected chi connectivity index (χ3v) is 4.40. The van der Waals surface area contributed by atoms with Crippen LogP contribution in [0.3, 0.4) is 0 Å². The molecule has 1 heterocycles. The van der Waals surface area contributed by atoms with Gasteiger partial charge >= 0.3 is 0 Å². The molecule has 136 valence electrons. The van der Waals surface area contributed by atoms with E-state index in [1.807, 2.05) is 6.92 Å². The summed E-state index contributed by atoms with van der Waals surface area (Å²) in [7, 11) is 0. The fraction of sp³-hybridized carbons (Fsp3) is 0.444. The average Bonchev–Trinajstić information content (AvgIpc) is 2.96. The quantitative estimate of drug-likeness (QED) is 0.651. The second-order valence-electron chi connectivity index (χ2n) is 5.39. The minimum Gasteiger partial charge on any atom is -0.441 e. The minimum absolute atomic E-state index is 0.0167. The Labute approximate surface area is 151 Å². The van der Waals surface area contributed by atoms with Gasteiger partial charge in [-0.25, -0.2) is 9.37 Å². The van der Waals surface area contributed by atoms with E-state index in [0.717, 1.165) is 12.1 Å². The molecule has 1 aromatic heterocycles. The first-order chi connectivity index (χ1) is 12.1. The second kappa shape index (κ2) is 10.2. The van der Waals surface area contributed by atoms with Crippen molar-refractivity contribution in [1.29, 1.82) is 0 Å². The van der Waals surface area contributed by atoms with Crippen LogP contribution in [0, 0.1) is 12.7 Å². The summed E-state index contributed by atoms with van der Waals surface area (Å²) in [4.78, 5) is 16.1. The first-order valence-corrected chi connectivity index (χ1v) is 9.40. The highest BCUT2D eigenvalue weighted by Crippen LogP contribution is 2.26. The van der Waals surface area contributed by atoms with Crippen LogP contribution >= 0.6 is 11.8 Å². The highest BCUT2D eigenvalue weighted by atomic mass is 32.2. The molecule has 0 fully saturated rings. The molecule has 1 N–H and O–H groups in total. The van der Waals surface area contributed by atoms with Crippen LogP contribution in [0.5, 0.6) is 0 Å². The van der Waals surface area contributed by atoms with Crippen molar-refractivity contribution in [2.45, 2.75) is 26.0 Å². The number of oxazole rings is 1. The SMILES string of the molecule is CCOCCCNC(=O)CSCc1nc(-c2ccccc2F)oc1C. The average molecular weight is 366 g/mol. The lowest BCUT2D eigenvalue weighted by Gasteiger charge is -2.04. The van der Waals surface area contributed by atoms with Gasteiger partial charge in [-0.15, -0.1) is 11.8 Å². The lowest BCUT2D eigenvalue weighted by molar-refractivity contribution is -0.118. The molecule has 1 aromatic carbocycles. The zero-order valence-corrected chi connectivity index (χ0v) is 15.3. The number of nitrogens with one attached hydrogen (secondary N) is 1. The van der Waals surface area contributed by atoms with Crippen molar-refractivity contribution in [3.05, 3.63) is 41.5 Å². The molecule has 0 aliphatic heterocycles. The fourth-order valence-electron chi connectivity index (χ4n) is 2.15. The number of thioether (sulfide) groups is 1. The van der Waals surface area contributed by atoms with Crippen LogP contribution in [-0.4, -0.2) is 36.4 Å². The molecule has 0 unspecified atom stereocenters. The zero-order chi connectivity index (χ0) is 18.1. The summed E-state index contributed by atoms with van der Waals surface area (Å²) in [5.74, 6) is 1.41. The Bertz CT molecular complexity index is 691. The molecular formula is C18H23FN2O3S. The predicted molar refractivity (Wildman–Crippen MR) is 96.9 cm³/mol. The number of aromatic nitrogens is 1. The zero-order valence-electron chi connectivity index (χ0n) is 14.5. The number of aryl methyl sites for hydroxylation is 1. The molecule has 0 atom stereocenters. The maximum atomic E-state index is 13.8. The third kappa shape index (κ3) is 6.17. The molecule has 7 heteroatoms. The molecule has 5 nitrogen and oxygen atoms in total. The number of ether oxygens (including phenoxy) is 1. The normalized spacial score (nSPS) is 10.8. The number of halogens is 1. The number of carbonyl (C=O) groups is 1. The van der Waals surface area contributed by atoms with Crippen LogP contribution in [0.25, 0.3) is 11.5 Å². The fourth-order valence-corrected chi connectivity index (χ4v) is 3.00. The number of hydrogen-bond acceptors (Lipinski definition) is 5. The van der Waals surface area contributed by atoms with Gasteiger partial charge in [0.15, 0.2) is 0 Å². The summed E-state index contributed by atoms with van der Waals surface area (Å²) in [6.07, 6.45) is 0.804. The smallest absolute Gasteiger partial charge is 0.230 e. The van der Waals surface area contributed by atoms with Gasteiger partial charge in [-0.05, 0) is 32.4 Å². The first-order valence-electron chi connectivity index (χ1n) is 8.25. The number of benzene rings is 1. The Hall–Kier alpha value is -1.86. The summed E-state index contributed by atoms with van der Waals surface area (Å²) in [6, 6.07) is 6.37. The molecule has 2 aromatic rings. The predicted octanol–water partition coefficient (Wildman–Crippen LogP) is 3.57. The molecule has 0 aliphatic rings. The van der Waals surface area contributed by atoms with E-state index < -0.39 is 0 Å². The van der Waals surface area contributed by atoms with Crippen molar-refractivity contribution >= 4 is 17.7 Å². The Morgan fingerprint density at radius 2 is 2.20 bits per heavy atom. The van der Waals surface area contributed by atoms with Crippen molar-refractivity contribution in [2.75, 3.05) is 25.5 Å². The van der Waals surface area contributed by atoms with E-state index in [4.69, 9.17) is 9.15 Å². The van der Waals surface area contributed by atoms with E-state index in [9.17, 15) is 9.18 Å². The van der Waals surface area contributed by atoms with Crippen molar-refractivity contribution in [3.63, 3.8) is 0 Å². The van der Waals surface area contributed by atoms with Crippen LogP contribution in [0.1, 0.15) is 24.8 Å². The summed E-state index contributed by atoms with van der Waals surface area (Å²) in [5.41, 5.74) is 1.07. The van der Waals surface area contributed by atoms with E-state index in [0.29, 0.717) is 42.6 Å². The summed E-state index contributed by atoms with van der Waals surface area (Å²) in [5, 5.41) is 2.85. The maximum Gasteiger partial charge on any atom is 0.230 e. The number of amides is 1. The molecule has 0 bridgehead atoms. The van der Waals surface area contributed by atoms with Gasteiger partial charge in [0.05, 0.1) is 17.0 Å². The Kier molecular flexibility index (Phi) is 7.94. The largest absolute Gasteiger partial charge is 0.441 e. The lowest BCUT2D eigenvalue weighted by atomic mass is 10.2. The van der Waals surface area contributed by atoms with Crippen LogP contribution < -0.4 is 5.32 Å². The van der Waals surface area contributed by atoms with Crippen LogP contribution in [-0.2, 0) is 15.3 Å². The van der Waals surface area contributed by atoms with Gasteiger partial charge in [0.1, 0.15) is 11.6 Å². The number of carbonyl (C=O) groups excluding carboxylic acids is 1. The van der Waals surface area contributed by atoms with Crippen LogP contribution in [0.4, 0.5) is 4.39 Å². The van der Waals surface area contributed by atoms with E-state index in [1.54, 1.807) is 25.1 Å². The van der Waals surface area contributed by atoms with Crippen molar-refractivity contribution in [1.82, 2.24) is 10.3 Å². The van der Waals surface area contributed by atoms with Gasteiger partial charge in [0.2, 0.25) is 11.8 Å². The van der Waals surface area contributed by atoms with Gasteiger partial charge in [-0.1, -0.05) is 12.1 Å². The van der Waals surface area contributed by atoms with Crippen LogP contribution in [0.15, 0.2) is 28.7 Å². The minimum atomic E-state index is -0.366. The molecule has 0 spiro atoms. The molecule has 0 aliphatic carbocycles. The Morgan fingerprint density at radius 1 is 1.40 bits per heavy atom. The van der Waals surface area contributed by atoms with E-state index in [2.05, 4.69) is 10.3 Å². The molecule has 1 amide bonds. The highest BCUT2D eigenvalue weighted by molar-refractivity contribution is 7.99. The Balaban J connectivity index is 1.78. The third-order valence-electron chi connectivity index (χ3n) is 3.46. The summed E-state index contributed by atoms with van der Waals surface area (Å²) < 4.78 is 24.6. The molecule has 0 saturated carbocycles. The molecule has 0 radical (unpaired) electrons. The molecule has 0 saturated heterocycles. The van der Waals surface area contributed by atoms with E-state index >= 15 is 0 Å². The van der Waals surface area contributed by atoms with Crippen molar-refractivity contribution < 1.29 is 18.3 Å². The number of rotatable bonds is 10. The lowest BCUT2D eigenvalue weighted by Crippen LogP contribution is -2.27. The standard InChI is InChI=1S/C18H23FN2O3S/c1-3-23-10-6-9-20-17(22)12-25-11-16-13(2)24-18(21-16)14-7-4-5-8-15(14)19/h4-5,7-8H,3,6,9-12H2,1-2H3,(H,20,22). The van der Waals surface area contributed by atoms with Gasteiger partial charge < -0.3 is 14.5 Å². The van der Waals surface area contributed by atoms with Crippen molar-refractivity contribution in [2.24, 2.45) is 0 Å². The second-order valence-corrected chi connectivity index (χ2v) is 6.38. The van der Waals surface area contributed by atoms with Crippen molar-refractivity contribution in [3.8, 4) is 11.5 Å². The highest BCUT2D eigenvalue weighted by Gasteiger charge is 2.14. The molecule has 2 rings (SSSR count). The number of nitrogens with zero attached hydrogens (tertiary/aromatic N) is 1. The molecule has 25 heavy (non-hydrogen) atoms. The maximum absolute atomic E-state index is 13.8. The van der Waals surface area contributed by atoms with E-state index in [1.165, 1.54) is 17.8 Å². The monoisotopic (exact) mass is 366 g/mol. The number of hydrogen-bond donors (Lipinski definition) is 1. The van der Waals surface area contributed by atoms with Crippen LogP contribution in [0.2, 0.25) is 0 Å². The first kappa shape index (κ1) is 19.5. The molecular weight excluding hydrogens is 343 g/mol. The Morgan fingerprint density at radius 3 is 2.96 bits per heavy atom.